The molecule has 92 valence electrons. The molecule has 2 N–H and O–H groups in total. The van der Waals surface area contributed by atoms with E-state index in [2.05, 4.69) is 15.9 Å². The first kappa shape index (κ1) is 12.3. The van der Waals surface area contributed by atoms with Gasteiger partial charge in [0.2, 0.25) is 0 Å². The molecule has 0 aliphatic carbocycles. The van der Waals surface area contributed by atoms with Gasteiger partial charge in [-0.15, -0.1) is 0 Å². The van der Waals surface area contributed by atoms with Crippen LogP contribution in [-0.4, -0.2) is 24.1 Å². The lowest BCUT2D eigenvalue weighted by atomic mass is 10.1. The van der Waals surface area contributed by atoms with Gasteiger partial charge in [0.15, 0.2) is 0 Å². The number of hydrogen-bond acceptors (Lipinski definition) is 4. The minimum atomic E-state index is -0.345. The molecule has 1 unspecified atom stereocenters. The van der Waals surface area contributed by atoms with Crippen molar-refractivity contribution in [3.05, 3.63) is 32.8 Å². The van der Waals surface area contributed by atoms with Gasteiger partial charge in [-0.3, -0.25) is 10.1 Å². The van der Waals surface area contributed by atoms with Crippen molar-refractivity contribution in [2.75, 3.05) is 18.0 Å². The van der Waals surface area contributed by atoms with Crippen molar-refractivity contribution >= 4 is 27.3 Å². The number of piperidine rings is 1. The Morgan fingerprint density at radius 3 is 2.94 bits per heavy atom. The molecule has 1 aromatic rings. The first-order valence-electron chi connectivity index (χ1n) is 5.52. The molecule has 1 atom stereocenters. The van der Waals surface area contributed by atoms with E-state index in [1.807, 2.05) is 4.90 Å². The summed E-state index contributed by atoms with van der Waals surface area (Å²) >= 11 is 3.35. The zero-order chi connectivity index (χ0) is 12.4. The number of benzene rings is 1. The van der Waals surface area contributed by atoms with Crippen molar-refractivity contribution in [3.63, 3.8) is 0 Å². The van der Waals surface area contributed by atoms with Crippen molar-refractivity contribution in [2.24, 2.45) is 5.73 Å². The topological polar surface area (TPSA) is 72.4 Å². The van der Waals surface area contributed by atoms with Crippen molar-refractivity contribution < 1.29 is 4.92 Å². The third-order valence-electron chi connectivity index (χ3n) is 2.93. The summed E-state index contributed by atoms with van der Waals surface area (Å²) in [6.07, 6.45) is 1.96. The van der Waals surface area contributed by atoms with Crippen LogP contribution >= 0.6 is 15.9 Å². The molecule has 1 aliphatic heterocycles. The molecule has 1 aromatic carbocycles. The summed E-state index contributed by atoms with van der Waals surface area (Å²) in [5.41, 5.74) is 6.70. The maximum atomic E-state index is 11.0. The van der Waals surface area contributed by atoms with Crippen LogP contribution in [-0.2, 0) is 0 Å². The van der Waals surface area contributed by atoms with E-state index in [1.165, 1.54) is 6.07 Å². The number of nitro benzene ring substituents is 1. The fourth-order valence-corrected chi connectivity index (χ4v) is 2.48. The molecule has 1 saturated heterocycles. The van der Waals surface area contributed by atoms with Crippen LogP contribution in [0, 0.1) is 10.1 Å². The Labute approximate surface area is 108 Å². The van der Waals surface area contributed by atoms with Crippen molar-refractivity contribution in [2.45, 2.75) is 18.9 Å². The normalized spacial score (nSPS) is 20.4. The Kier molecular flexibility index (Phi) is 3.63. The summed E-state index contributed by atoms with van der Waals surface area (Å²) in [4.78, 5) is 12.6. The molecule has 0 amide bonds. The standard InChI is InChI=1S/C11H14BrN3O2/c12-8-3-4-10(15(16)17)11(6-8)14-5-1-2-9(13)7-14/h3-4,6,9H,1-2,5,7,13H2. The largest absolute Gasteiger partial charge is 0.364 e. The number of nitrogens with zero attached hydrogens (tertiary/aromatic N) is 2. The molecule has 17 heavy (non-hydrogen) atoms. The average Bonchev–Trinajstić information content (AvgIpc) is 2.28. The van der Waals surface area contributed by atoms with Crippen LogP contribution in [0.25, 0.3) is 0 Å². The molecule has 1 aliphatic rings. The Hall–Kier alpha value is -1.14. The summed E-state index contributed by atoms with van der Waals surface area (Å²) in [5.74, 6) is 0. The Morgan fingerprint density at radius 2 is 2.29 bits per heavy atom. The van der Waals surface area contributed by atoms with E-state index in [0.717, 1.165) is 23.9 Å². The van der Waals surface area contributed by atoms with Gasteiger partial charge in [0.1, 0.15) is 5.69 Å². The number of anilines is 1. The van der Waals surface area contributed by atoms with Crippen LogP contribution in [0.5, 0.6) is 0 Å². The molecular formula is C11H14BrN3O2. The van der Waals surface area contributed by atoms with Gasteiger partial charge in [-0.2, -0.15) is 0 Å². The van der Waals surface area contributed by atoms with Crippen LogP contribution in [0.1, 0.15) is 12.8 Å². The number of hydrogen-bond donors (Lipinski definition) is 1. The van der Waals surface area contributed by atoms with Gasteiger partial charge in [0, 0.05) is 29.7 Å². The number of halogens is 1. The van der Waals surface area contributed by atoms with Gasteiger partial charge in [0.25, 0.3) is 5.69 Å². The quantitative estimate of drug-likeness (QED) is 0.672. The average molecular weight is 300 g/mol. The van der Waals surface area contributed by atoms with Crippen molar-refractivity contribution in [3.8, 4) is 0 Å². The molecule has 1 heterocycles. The lowest BCUT2D eigenvalue weighted by Crippen LogP contribution is -2.43. The first-order valence-corrected chi connectivity index (χ1v) is 6.31. The van der Waals surface area contributed by atoms with Crippen LogP contribution in [0.3, 0.4) is 0 Å². The number of nitro groups is 1. The highest BCUT2D eigenvalue weighted by molar-refractivity contribution is 9.10. The fourth-order valence-electron chi connectivity index (χ4n) is 2.13. The molecule has 0 saturated carbocycles. The third-order valence-corrected chi connectivity index (χ3v) is 3.43. The predicted octanol–water partition coefficient (Wildman–Crippen LogP) is 2.28. The third kappa shape index (κ3) is 2.76. The minimum absolute atomic E-state index is 0.0994. The molecule has 0 bridgehead atoms. The SMILES string of the molecule is NC1CCCN(c2cc(Br)ccc2[N+](=O)[O-])C1. The van der Waals surface area contributed by atoms with Crippen LogP contribution in [0.2, 0.25) is 0 Å². The highest BCUT2D eigenvalue weighted by atomic mass is 79.9. The maximum Gasteiger partial charge on any atom is 0.292 e. The van der Waals surface area contributed by atoms with E-state index in [1.54, 1.807) is 12.1 Å². The lowest BCUT2D eigenvalue weighted by Gasteiger charge is -2.32. The highest BCUT2D eigenvalue weighted by Gasteiger charge is 2.23. The minimum Gasteiger partial charge on any atom is -0.364 e. The van der Waals surface area contributed by atoms with E-state index in [-0.39, 0.29) is 16.7 Å². The van der Waals surface area contributed by atoms with Gasteiger partial charge in [-0.1, -0.05) is 15.9 Å². The van der Waals surface area contributed by atoms with E-state index in [0.29, 0.717) is 12.2 Å². The monoisotopic (exact) mass is 299 g/mol. The van der Waals surface area contributed by atoms with Gasteiger partial charge in [0.05, 0.1) is 4.92 Å². The van der Waals surface area contributed by atoms with Crippen LogP contribution < -0.4 is 10.6 Å². The number of rotatable bonds is 2. The summed E-state index contributed by atoms with van der Waals surface area (Å²) < 4.78 is 0.845. The molecule has 5 nitrogen and oxygen atoms in total. The van der Waals surface area contributed by atoms with E-state index < -0.39 is 0 Å². The van der Waals surface area contributed by atoms with Crippen LogP contribution in [0.15, 0.2) is 22.7 Å². The molecule has 0 aromatic heterocycles. The zero-order valence-corrected chi connectivity index (χ0v) is 10.9. The maximum absolute atomic E-state index is 11.0. The van der Waals surface area contributed by atoms with Gasteiger partial charge < -0.3 is 10.6 Å². The Bertz CT molecular complexity index is 439. The van der Waals surface area contributed by atoms with Crippen LogP contribution in [0.4, 0.5) is 11.4 Å². The summed E-state index contributed by atoms with van der Waals surface area (Å²) in [6.45, 7) is 1.50. The zero-order valence-electron chi connectivity index (χ0n) is 9.30. The second kappa shape index (κ2) is 5.01. The molecular weight excluding hydrogens is 286 g/mol. The second-order valence-corrected chi connectivity index (χ2v) is 5.15. The van der Waals surface area contributed by atoms with Gasteiger partial charge >= 0.3 is 0 Å². The smallest absolute Gasteiger partial charge is 0.292 e. The van der Waals surface area contributed by atoms with Gasteiger partial charge in [-0.05, 0) is 25.0 Å². The Morgan fingerprint density at radius 1 is 1.53 bits per heavy atom. The fraction of sp³-hybridized carbons (Fsp3) is 0.455. The number of nitrogens with two attached hydrogens (primary N) is 1. The molecule has 1 fully saturated rings. The second-order valence-electron chi connectivity index (χ2n) is 4.24. The van der Waals surface area contributed by atoms with Crippen molar-refractivity contribution in [1.29, 1.82) is 0 Å². The predicted molar refractivity (Wildman–Crippen MR) is 70.2 cm³/mol. The van der Waals surface area contributed by atoms with E-state index in [9.17, 15) is 10.1 Å². The lowest BCUT2D eigenvalue weighted by molar-refractivity contribution is -0.384. The van der Waals surface area contributed by atoms with E-state index in [4.69, 9.17) is 5.73 Å². The summed E-state index contributed by atoms with van der Waals surface area (Å²) in [6, 6.07) is 5.10. The first-order chi connectivity index (χ1) is 8.08. The van der Waals surface area contributed by atoms with Gasteiger partial charge in [-0.25, -0.2) is 0 Å². The molecule has 0 spiro atoms. The molecule has 6 heteroatoms. The summed E-state index contributed by atoms with van der Waals surface area (Å²) in [7, 11) is 0. The molecule has 0 radical (unpaired) electrons. The van der Waals surface area contributed by atoms with Crippen molar-refractivity contribution in [1.82, 2.24) is 0 Å². The van der Waals surface area contributed by atoms with E-state index >= 15 is 0 Å². The molecule has 2 rings (SSSR count). The summed E-state index contributed by atoms with van der Waals surface area (Å²) in [5, 5.41) is 11.0. The Balaban J connectivity index is 2.35. The highest BCUT2D eigenvalue weighted by Crippen LogP contribution is 2.32.